The van der Waals surface area contributed by atoms with E-state index in [1.807, 2.05) is 30.5 Å². The van der Waals surface area contributed by atoms with Crippen LogP contribution >= 0.6 is 0 Å². The molecule has 1 fully saturated rings. The molecule has 1 N–H and O–H groups in total. The lowest BCUT2D eigenvalue weighted by atomic mass is 9.94. The molecule has 1 aliphatic heterocycles. The van der Waals surface area contributed by atoms with Gasteiger partial charge in [0, 0.05) is 43.3 Å². The van der Waals surface area contributed by atoms with Crippen molar-refractivity contribution < 1.29 is 9.47 Å². The Balaban J connectivity index is 1.51. The molecule has 0 spiro atoms. The number of imidazole rings is 1. The highest BCUT2D eigenvalue weighted by Gasteiger charge is 2.26. The van der Waals surface area contributed by atoms with Crippen molar-refractivity contribution in [3.63, 3.8) is 0 Å². The molecule has 27 heavy (non-hydrogen) atoms. The van der Waals surface area contributed by atoms with Gasteiger partial charge in [0.25, 0.3) is 0 Å². The van der Waals surface area contributed by atoms with Crippen molar-refractivity contribution in [3.05, 3.63) is 60.6 Å². The number of hydrogen-bond acceptors (Lipinski definition) is 6. The Kier molecular flexibility index (Phi) is 5.29. The first-order valence-electron chi connectivity index (χ1n) is 9.15. The Morgan fingerprint density at radius 2 is 2.04 bits per heavy atom. The first kappa shape index (κ1) is 17.5. The Morgan fingerprint density at radius 1 is 1.15 bits per heavy atom. The van der Waals surface area contributed by atoms with Gasteiger partial charge in [-0.3, -0.25) is 9.88 Å². The minimum Gasteiger partial charge on any atom is -0.497 e. The van der Waals surface area contributed by atoms with Crippen LogP contribution in [0.3, 0.4) is 0 Å². The van der Waals surface area contributed by atoms with Crippen LogP contribution in [0.1, 0.15) is 30.3 Å². The van der Waals surface area contributed by atoms with E-state index in [9.17, 15) is 0 Å². The fourth-order valence-corrected chi connectivity index (χ4v) is 3.49. The first-order chi connectivity index (χ1) is 13.3. The highest BCUT2D eigenvalue weighted by Crippen LogP contribution is 2.33. The van der Waals surface area contributed by atoms with Crippen LogP contribution in [0.5, 0.6) is 17.4 Å². The second-order valence-corrected chi connectivity index (χ2v) is 6.64. The summed E-state index contributed by atoms with van der Waals surface area (Å²) in [5, 5.41) is 0. The summed E-state index contributed by atoms with van der Waals surface area (Å²) in [7, 11) is 1.64. The van der Waals surface area contributed by atoms with Crippen molar-refractivity contribution in [1.82, 2.24) is 24.8 Å². The fraction of sp³-hybridized carbons (Fsp3) is 0.350. The normalized spacial score (nSPS) is 17.6. The standard InChI is InChI=1S/C20H23N5O2/c1-26-16-5-2-6-17(12-16)27-20-19(23-9-10-24-20)15-4-3-11-25(13-15)14-18-21-7-8-22-18/h2,5-10,12,15H,3-4,11,13-14H2,1H3,(H,21,22)/t15-/m0/s1. The molecule has 1 atom stereocenters. The van der Waals surface area contributed by atoms with Crippen molar-refractivity contribution in [2.75, 3.05) is 20.2 Å². The lowest BCUT2D eigenvalue weighted by Crippen LogP contribution is -2.34. The number of likely N-dealkylation sites (tertiary alicyclic amines) is 1. The smallest absolute Gasteiger partial charge is 0.241 e. The van der Waals surface area contributed by atoms with Crippen LogP contribution in [0.25, 0.3) is 0 Å². The molecular weight excluding hydrogens is 342 g/mol. The number of aromatic amines is 1. The molecule has 7 heteroatoms. The molecule has 1 saturated heterocycles. The van der Waals surface area contributed by atoms with Crippen molar-refractivity contribution in [1.29, 1.82) is 0 Å². The van der Waals surface area contributed by atoms with Gasteiger partial charge in [-0.05, 0) is 31.5 Å². The molecule has 0 unspecified atom stereocenters. The number of benzene rings is 1. The summed E-state index contributed by atoms with van der Waals surface area (Å²) in [5.41, 5.74) is 0.907. The monoisotopic (exact) mass is 365 g/mol. The number of rotatable bonds is 6. The largest absolute Gasteiger partial charge is 0.497 e. The summed E-state index contributed by atoms with van der Waals surface area (Å²) in [4.78, 5) is 19.0. The maximum Gasteiger partial charge on any atom is 0.241 e. The van der Waals surface area contributed by atoms with E-state index < -0.39 is 0 Å². The van der Waals surface area contributed by atoms with E-state index in [0.717, 1.165) is 49.7 Å². The summed E-state index contributed by atoms with van der Waals surface area (Å²) < 4.78 is 11.3. The molecule has 0 saturated carbocycles. The first-order valence-corrected chi connectivity index (χ1v) is 9.15. The van der Waals surface area contributed by atoms with Crippen molar-refractivity contribution in [3.8, 4) is 17.4 Å². The van der Waals surface area contributed by atoms with Gasteiger partial charge in [-0.25, -0.2) is 9.97 Å². The van der Waals surface area contributed by atoms with Gasteiger partial charge in [0.05, 0.1) is 13.7 Å². The van der Waals surface area contributed by atoms with E-state index in [4.69, 9.17) is 9.47 Å². The maximum absolute atomic E-state index is 6.06. The zero-order chi connectivity index (χ0) is 18.5. The van der Waals surface area contributed by atoms with Crippen molar-refractivity contribution >= 4 is 0 Å². The third-order valence-corrected chi connectivity index (χ3v) is 4.77. The van der Waals surface area contributed by atoms with E-state index >= 15 is 0 Å². The number of H-pyrrole nitrogens is 1. The van der Waals surface area contributed by atoms with E-state index in [2.05, 4.69) is 24.8 Å². The van der Waals surface area contributed by atoms with Crippen LogP contribution < -0.4 is 9.47 Å². The molecule has 4 rings (SSSR count). The number of ether oxygens (including phenoxy) is 2. The molecule has 2 aromatic heterocycles. The summed E-state index contributed by atoms with van der Waals surface area (Å²) in [6.07, 6.45) is 9.24. The number of aromatic nitrogens is 4. The highest BCUT2D eigenvalue weighted by atomic mass is 16.5. The van der Waals surface area contributed by atoms with Crippen LogP contribution in [0.15, 0.2) is 49.1 Å². The molecule has 140 valence electrons. The van der Waals surface area contributed by atoms with Crippen LogP contribution in [0.4, 0.5) is 0 Å². The summed E-state index contributed by atoms with van der Waals surface area (Å²) >= 11 is 0. The zero-order valence-electron chi connectivity index (χ0n) is 15.3. The number of nitrogens with zero attached hydrogens (tertiary/aromatic N) is 4. The maximum atomic E-state index is 6.06. The molecule has 0 amide bonds. The zero-order valence-corrected chi connectivity index (χ0v) is 15.3. The van der Waals surface area contributed by atoms with E-state index in [-0.39, 0.29) is 5.92 Å². The molecule has 1 aliphatic rings. The number of methoxy groups -OCH3 is 1. The fourth-order valence-electron chi connectivity index (χ4n) is 3.49. The van der Waals surface area contributed by atoms with Crippen molar-refractivity contribution in [2.45, 2.75) is 25.3 Å². The van der Waals surface area contributed by atoms with E-state index in [0.29, 0.717) is 11.6 Å². The Bertz CT molecular complexity index is 868. The van der Waals surface area contributed by atoms with Gasteiger partial charge in [0.2, 0.25) is 5.88 Å². The highest BCUT2D eigenvalue weighted by molar-refractivity contribution is 5.36. The Morgan fingerprint density at radius 3 is 2.89 bits per heavy atom. The lowest BCUT2D eigenvalue weighted by molar-refractivity contribution is 0.193. The van der Waals surface area contributed by atoms with E-state index in [1.165, 1.54) is 0 Å². The van der Waals surface area contributed by atoms with Gasteiger partial charge >= 0.3 is 0 Å². The molecule has 0 aliphatic carbocycles. The van der Waals surface area contributed by atoms with E-state index in [1.54, 1.807) is 25.7 Å². The quantitative estimate of drug-likeness (QED) is 0.722. The average molecular weight is 365 g/mol. The van der Waals surface area contributed by atoms with Gasteiger partial charge < -0.3 is 14.5 Å². The molecular formula is C20H23N5O2. The molecule has 0 bridgehead atoms. The SMILES string of the molecule is COc1cccc(Oc2nccnc2[C@H]2CCCN(Cc3ncc[nH]3)C2)c1. The second kappa shape index (κ2) is 8.18. The van der Waals surface area contributed by atoms with Gasteiger partial charge in [-0.2, -0.15) is 0 Å². The Hall–Kier alpha value is -2.93. The van der Waals surface area contributed by atoms with Gasteiger partial charge in [-0.1, -0.05) is 6.07 Å². The molecule has 1 aromatic carbocycles. The molecule has 7 nitrogen and oxygen atoms in total. The predicted octanol–water partition coefficient (Wildman–Crippen LogP) is 3.38. The van der Waals surface area contributed by atoms with Crippen LogP contribution in [-0.4, -0.2) is 45.0 Å². The van der Waals surface area contributed by atoms with Crippen LogP contribution in [-0.2, 0) is 6.54 Å². The summed E-state index contributed by atoms with van der Waals surface area (Å²) in [6.45, 7) is 2.78. The van der Waals surface area contributed by atoms with Gasteiger partial charge in [0.15, 0.2) is 0 Å². The Labute approximate surface area is 158 Å². The van der Waals surface area contributed by atoms with Crippen molar-refractivity contribution in [2.24, 2.45) is 0 Å². The van der Waals surface area contributed by atoms with Crippen LogP contribution in [0.2, 0.25) is 0 Å². The third kappa shape index (κ3) is 4.25. The number of hydrogen-bond donors (Lipinski definition) is 1. The lowest BCUT2D eigenvalue weighted by Gasteiger charge is -2.32. The topological polar surface area (TPSA) is 76.2 Å². The van der Waals surface area contributed by atoms with Gasteiger partial charge in [-0.15, -0.1) is 0 Å². The minimum atomic E-state index is 0.281. The average Bonchev–Trinajstić information content (AvgIpc) is 3.22. The predicted molar refractivity (Wildman–Crippen MR) is 101 cm³/mol. The van der Waals surface area contributed by atoms with Crippen LogP contribution in [0, 0.1) is 0 Å². The summed E-state index contributed by atoms with van der Waals surface area (Å²) in [5.74, 6) is 3.28. The molecule has 3 heterocycles. The summed E-state index contributed by atoms with van der Waals surface area (Å²) in [6, 6.07) is 7.53. The minimum absolute atomic E-state index is 0.281. The number of piperidine rings is 1. The molecule has 3 aromatic rings. The molecule has 0 radical (unpaired) electrons. The number of nitrogens with one attached hydrogen (secondary N) is 1. The third-order valence-electron chi connectivity index (χ3n) is 4.77. The second-order valence-electron chi connectivity index (χ2n) is 6.64. The van der Waals surface area contributed by atoms with Gasteiger partial charge in [0.1, 0.15) is 23.0 Å².